The number of nitrogens with zero attached hydrogens (tertiary/aromatic N) is 2. The van der Waals surface area contributed by atoms with E-state index < -0.39 is 17.4 Å². The number of aliphatic hydroxyl groups is 1. The Morgan fingerprint density at radius 2 is 2.07 bits per heavy atom. The van der Waals surface area contributed by atoms with E-state index in [0.717, 1.165) is 6.42 Å². The standard InChI is InChI=1S/C20H25ClN2O5/c1-12(2)11-28-19(27)16-17(25)20(3)7-4-8-23(20)22(18(16)26)10-13-5-6-15(24)14(21)9-13/h5-6,9,12,24-25H,4,7-8,10-11H2,1-3H3/t20-/m1/s1. The lowest BCUT2D eigenvalue weighted by molar-refractivity contribution is -0.164. The molecule has 2 heterocycles. The van der Waals surface area contributed by atoms with Crippen LogP contribution in [0.1, 0.15) is 39.2 Å². The summed E-state index contributed by atoms with van der Waals surface area (Å²) in [5.74, 6) is -1.58. The van der Waals surface area contributed by atoms with Gasteiger partial charge >= 0.3 is 5.97 Å². The van der Waals surface area contributed by atoms with Crippen LogP contribution in [0.4, 0.5) is 0 Å². The van der Waals surface area contributed by atoms with Crippen molar-refractivity contribution in [2.24, 2.45) is 5.92 Å². The number of aromatic hydroxyl groups is 1. The zero-order valence-corrected chi connectivity index (χ0v) is 17.0. The van der Waals surface area contributed by atoms with E-state index in [0.29, 0.717) is 18.5 Å². The summed E-state index contributed by atoms with van der Waals surface area (Å²) in [5.41, 5.74) is -0.464. The molecule has 0 aliphatic carbocycles. The molecule has 0 aromatic heterocycles. The number of phenolic OH excluding ortho intramolecular Hbond substituents is 1. The second kappa shape index (κ2) is 7.64. The molecule has 3 rings (SSSR count). The first kappa shape index (κ1) is 20.5. The monoisotopic (exact) mass is 408 g/mol. The highest BCUT2D eigenvalue weighted by Gasteiger charge is 2.53. The van der Waals surface area contributed by atoms with Crippen LogP contribution in [-0.4, -0.2) is 50.8 Å². The van der Waals surface area contributed by atoms with Crippen LogP contribution in [0.5, 0.6) is 5.75 Å². The van der Waals surface area contributed by atoms with Crippen molar-refractivity contribution in [1.82, 2.24) is 10.0 Å². The number of hydrogen-bond donors (Lipinski definition) is 2. The molecule has 1 aromatic rings. The molecule has 2 aliphatic heterocycles. The number of esters is 1. The molecule has 8 heteroatoms. The van der Waals surface area contributed by atoms with Crippen LogP contribution in [0.15, 0.2) is 29.5 Å². The van der Waals surface area contributed by atoms with E-state index in [1.807, 2.05) is 20.8 Å². The van der Waals surface area contributed by atoms with Crippen molar-refractivity contribution in [1.29, 1.82) is 0 Å². The van der Waals surface area contributed by atoms with Gasteiger partial charge in [-0.05, 0) is 43.4 Å². The molecule has 2 aliphatic rings. The summed E-state index contributed by atoms with van der Waals surface area (Å²) >= 11 is 5.99. The maximum absolute atomic E-state index is 13.1. The molecule has 0 bridgehead atoms. The van der Waals surface area contributed by atoms with Crippen LogP contribution < -0.4 is 0 Å². The highest BCUT2D eigenvalue weighted by Crippen LogP contribution is 2.42. The number of hydrazine groups is 1. The highest BCUT2D eigenvalue weighted by atomic mass is 35.5. The third-order valence-corrected chi connectivity index (χ3v) is 5.49. The first-order valence-electron chi connectivity index (χ1n) is 9.33. The van der Waals surface area contributed by atoms with E-state index in [4.69, 9.17) is 16.3 Å². The fourth-order valence-corrected chi connectivity index (χ4v) is 3.87. The number of phenols is 1. The summed E-state index contributed by atoms with van der Waals surface area (Å²) in [6, 6.07) is 4.70. The maximum Gasteiger partial charge on any atom is 0.347 e. The fraction of sp³-hybridized carbons (Fsp3) is 0.500. The van der Waals surface area contributed by atoms with Gasteiger partial charge in [0.1, 0.15) is 11.5 Å². The number of fused-ring (bicyclic) bond motifs is 1. The van der Waals surface area contributed by atoms with Crippen LogP contribution in [-0.2, 0) is 20.9 Å². The minimum atomic E-state index is -0.846. The van der Waals surface area contributed by atoms with E-state index in [1.54, 1.807) is 17.1 Å². The normalized spacial score (nSPS) is 22.8. The zero-order valence-electron chi connectivity index (χ0n) is 16.2. The van der Waals surface area contributed by atoms with Crippen molar-refractivity contribution >= 4 is 23.5 Å². The Labute approximate surface area is 169 Å². The van der Waals surface area contributed by atoms with Gasteiger partial charge in [0, 0.05) is 6.54 Å². The Balaban J connectivity index is 1.96. The quantitative estimate of drug-likeness (QED) is 0.574. The largest absolute Gasteiger partial charge is 0.509 e. The SMILES string of the molecule is CC(C)COC(=O)C1=C(O)[C@@]2(C)CCCN2N(Cc2ccc(O)c(Cl)c2)C1=O. The van der Waals surface area contributed by atoms with Crippen molar-refractivity contribution in [3.8, 4) is 5.75 Å². The Hall–Kier alpha value is -2.25. The van der Waals surface area contributed by atoms with E-state index in [9.17, 15) is 19.8 Å². The van der Waals surface area contributed by atoms with Gasteiger partial charge in [-0.1, -0.05) is 31.5 Å². The Kier molecular flexibility index (Phi) is 5.59. The molecule has 1 aromatic carbocycles. The van der Waals surface area contributed by atoms with Gasteiger partial charge in [-0.25, -0.2) is 9.80 Å². The number of rotatable bonds is 5. The van der Waals surface area contributed by atoms with E-state index in [1.165, 1.54) is 11.1 Å². The van der Waals surface area contributed by atoms with Gasteiger partial charge in [0.15, 0.2) is 5.57 Å². The summed E-state index contributed by atoms with van der Waals surface area (Å²) in [4.78, 5) is 25.7. The molecule has 1 amide bonds. The smallest absolute Gasteiger partial charge is 0.347 e. The van der Waals surface area contributed by atoms with Crippen LogP contribution in [0.3, 0.4) is 0 Å². The van der Waals surface area contributed by atoms with Crippen molar-refractivity contribution in [3.63, 3.8) is 0 Å². The predicted octanol–water partition coefficient (Wildman–Crippen LogP) is 3.17. The molecule has 0 unspecified atom stereocenters. The van der Waals surface area contributed by atoms with Gasteiger partial charge in [0.25, 0.3) is 5.91 Å². The highest BCUT2D eigenvalue weighted by molar-refractivity contribution is 6.32. The van der Waals surface area contributed by atoms with Gasteiger partial charge in [-0.15, -0.1) is 0 Å². The third kappa shape index (κ3) is 3.56. The van der Waals surface area contributed by atoms with Crippen LogP contribution in [0.25, 0.3) is 0 Å². The molecule has 1 atom stereocenters. The lowest BCUT2D eigenvalue weighted by Gasteiger charge is -2.46. The summed E-state index contributed by atoms with van der Waals surface area (Å²) in [6.45, 7) is 6.50. The maximum atomic E-state index is 13.1. The lowest BCUT2D eigenvalue weighted by atomic mass is 9.91. The van der Waals surface area contributed by atoms with E-state index in [-0.39, 0.29) is 41.2 Å². The molecule has 1 fully saturated rings. The minimum absolute atomic E-state index is 0.0445. The Bertz CT molecular complexity index is 838. The second-order valence-electron chi connectivity index (χ2n) is 7.87. The number of halogens is 1. The van der Waals surface area contributed by atoms with Gasteiger partial charge in [-0.3, -0.25) is 9.80 Å². The zero-order chi connectivity index (χ0) is 20.6. The molecular weight excluding hydrogens is 384 g/mol. The van der Waals surface area contributed by atoms with Gasteiger partial charge in [0.2, 0.25) is 0 Å². The number of amides is 1. The topological polar surface area (TPSA) is 90.3 Å². The molecule has 0 spiro atoms. The predicted molar refractivity (Wildman–Crippen MR) is 103 cm³/mol. The Morgan fingerprint density at radius 3 is 2.71 bits per heavy atom. The molecule has 152 valence electrons. The third-order valence-electron chi connectivity index (χ3n) is 5.19. The number of carbonyl (C=O) groups excluding carboxylic acids is 2. The van der Waals surface area contributed by atoms with E-state index in [2.05, 4.69) is 0 Å². The van der Waals surface area contributed by atoms with E-state index >= 15 is 0 Å². The van der Waals surface area contributed by atoms with Crippen molar-refractivity contribution < 1.29 is 24.5 Å². The molecule has 0 radical (unpaired) electrons. The summed E-state index contributed by atoms with van der Waals surface area (Å²) in [7, 11) is 0. The van der Waals surface area contributed by atoms with Gasteiger partial charge < -0.3 is 14.9 Å². The average molecular weight is 409 g/mol. The first-order chi connectivity index (χ1) is 13.1. The summed E-state index contributed by atoms with van der Waals surface area (Å²) in [6.07, 6.45) is 1.38. The first-order valence-corrected chi connectivity index (χ1v) is 9.70. The molecule has 28 heavy (non-hydrogen) atoms. The molecular formula is C20H25ClN2O5. The number of benzene rings is 1. The molecule has 1 saturated heterocycles. The Morgan fingerprint density at radius 1 is 1.36 bits per heavy atom. The van der Waals surface area contributed by atoms with Crippen LogP contribution in [0.2, 0.25) is 5.02 Å². The van der Waals surface area contributed by atoms with Crippen molar-refractivity contribution in [2.45, 2.75) is 45.7 Å². The lowest BCUT2D eigenvalue weighted by Crippen LogP contribution is -2.60. The van der Waals surface area contributed by atoms with Crippen molar-refractivity contribution in [2.75, 3.05) is 13.2 Å². The van der Waals surface area contributed by atoms with Gasteiger partial charge in [0.05, 0.1) is 23.7 Å². The van der Waals surface area contributed by atoms with Crippen molar-refractivity contribution in [3.05, 3.63) is 40.1 Å². The van der Waals surface area contributed by atoms with Gasteiger partial charge in [-0.2, -0.15) is 0 Å². The summed E-state index contributed by atoms with van der Waals surface area (Å²) < 4.78 is 5.23. The summed E-state index contributed by atoms with van der Waals surface area (Å²) in [5, 5.41) is 23.9. The number of hydrogen-bond acceptors (Lipinski definition) is 6. The molecule has 7 nitrogen and oxygen atoms in total. The molecule has 0 saturated carbocycles. The van der Waals surface area contributed by atoms with Crippen LogP contribution >= 0.6 is 11.6 Å². The molecule has 2 N–H and O–H groups in total. The minimum Gasteiger partial charge on any atom is -0.509 e. The fourth-order valence-electron chi connectivity index (χ4n) is 3.66. The average Bonchev–Trinajstić information content (AvgIpc) is 3.03. The number of aliphatic hydroxyl groups excluding tert-OH is 1. The number of ether oxygens (including phenoxy) is 1. The van der Waals surface area contributed by atoms with Crippen LogP contribution in [0, 0.1) is 5.92 Å². The number of carbonyl (C=O) groups is 2. The second-order valence-corrected chi connectivity index (χ2v) is 8.27.